The minimum Gasteiger partial charge on any atom is -0.263 e. The summed E-state index contributed by atoms with van der Waals surface area (Å²) in [6.45, 7) is 2.44. The highest BCUT2D eigenvalue weighted by Crippen LogP contribution is 2.12. The number of carbonyl (C=O) groups is 3. The molecule has 2 rings (SSSR count). The third-order valence-electron chi connectivity index (χ3n) is 2.59. The van der Waals surface area contributed by atoms with Gasteiger partial charge in [0, 0.05) is 13.6 Å². The Balaban J connectivity index is 2.19. The van der Waals surface area contributed by atoms with Crippen LogP contribution in [0, 0.1) is 0 Å². The van der Waals surface area contributed by atoms with Crippen LogP contribution in [-0.4, -0.2) is 54.9 Å². The number of amides is 4. The van der Waals surface area contributed by atoms with E-state index >= 15 is 0 Å². The monoisotopic (exact) mass is 252 g/mol. The van der Waals surface area contributed by atoms with E-state index < -0.39 is 17.8 Å². The Labute approximate surface area is 102 Å². The largest absolute Gasteiger partial charge is 0.334 e. The van der Waals surface area contributed by atoms with Gasteiger partial charge in [-0.25, -0.2) is 14.4 Å². The molecule has 9 heteroatoms. The number of aryl methyl sites for hydroxylation is 1. The second kappa shape index (κ2) is 4.51. The van der Waals surface area contributed by atoms with E-state index in [9.17, 15) is 14.4 Å². The standard InChI is InChI=1S/C9H12N6O3/c1-3-4-15-6(10-11-12-15)5-14-8(17)7(16)13(2)9(14)18/h3-5H2,1-2H3. The molecule has 2 heterocycles. The first-order chi connectivity index (χ1) is 8.56. The Bertz CT molecular complexity index is 510. The number of tetrazole rings is 1. The number of carbonyl (C=O) groups excluding carboxylic acids is 3. The second-order valence-electron chi connectivity index (χ2n) is 3.86. The van der Waals surface area contributed by atoms with Crippen LogP contribution in [0.1, 0.15) is 19.2 Å². The van der Waals surface area contributed by atoms with Crippen molar-refractivity contribution in [3.05, 3.63) is 5.82 Å². The minimum atomic E-state index is -0.853. The van der Waals surface area contributed by atoms with Crippen molar-refractivity contribution in [2.24, 2.45) is 0 Å². The molecule has 0 spiro atoms. The number of aromatic nitrogens is 4. The number of likely N-dealkylation sites (N-methyl/N-ethyl adjacent to an activating group) is 1. The van der Waals surface area contributed by atoms with Crippen molar-refractivity contribution in [3.8, 4) is 0 Å². The highest BCUT2D eigenvalue weighted by atomic mass is 16.2. The molecule has 1 aliphatic rings. The quantitative estimate of drug-likeness (QED) is 0.503. The van der Waals surface area contributed by atoms with E-state index in [1.54, 1.807) is 0 Å². The lowest BCUT2D eigenvalue weighted by Crippen LogP contribution is -2.32. The molecule has 0 atom stereocenters. The maximum atomic E-state index is 11.7. The number of hydrogen-bond donors (Lipinski definition) is 0. The predicted octanol–water partition coefficient (Wildman–Crippen LogP) is -0.996. The maximum Gasteiger partial charge on any atom is 0.334 e. The zero-order valence-electron chi connectivity index (χ0n) is 10.0. The van der Waals surface area contributed by atoms with Gasteiger partial charge in [0.05, 0.1) is 6.54 Å². The van der Waals surface area contributed by atoms with Gasteiger partial charge < -0.3 is 0 Å². The summed E-state index contributed by atoms with van der Waals surface area (Å²) in [6, 6.07) is -0.656. The molecule has 1 aliphatic heterocycles. The molecule has 0 saturated carbocycles. The molecule has 0 radical (unpaired) electrons. The van der Waals surface area contributed by atoms with Crippen molar-refractivity contribution >= 4 is 17.8 Å². The van der Waals surface area contributed by atoms with Crippen LogP contribution in [0.3, 0.4) is 0 Å². The first kappa shape index (κ1) is 12.1. The van der Waals surface area contributed by atoms with Crippen molar-refractivity contribution < 1.29 is 14.4 Å². The van der Waals surface area contributed by atoms with Gasteiger partial charge in [0.15, 0.2) is 5.82 Å². The van der Waals surface area contributed by atoms with Gasteiger partial charge >= 0.3 is 17.8 Å². The van der Waals surface area contributed by atoms with Gasteiger partial charge in [0.25, 0.3) is 0 Å². The Morgan fingerprint density at radius 2 is 1.89 bits per heavy atom. The SMILES string of the molecule is CCCn1nnnc1CN1C(=O)C(=O)N(C)C1=O. The molecule has 0 aliphatic carbocycles. The molecule has 0 N–H and O–H groups in total. The first-order valence-corrected chi connectivity index (χ1v) is 5.44. The number of urea groups is 1. The van der Waals surface area contributed by atoms with Crippen molar-refractivity contribution in [3.63, 3.8) is 0 Å². The smallest absolute Gasteiger partial charge is 0.263 e. The van der Waals surface area contributed by atoms with Crippen molar-refractivity contribution in [2.45, 2.75) is 26.4 Å². The summed E-state index contributed by atoms with van der Waals surface area (Å²) in [4.78, 5) is 36.1. The number of hydrogen-bond acceptors (Lipinski definition) is 6. The van der Waals surface area contributed by atoms with Crippen molar-refractivity contribution in [1.82, 2.24) is 30.0 Å². The molecule has 0 unspecified atom stereocenters. The average molecular weight is 252 g/mol. The molecule has 1 aromatic rings. The van der Waals surface area contributed by atoms with Crippen molar-refractivity contribution in [2.75, 3.05) is 7.05 Å². The number of nitrogens with zero attached hydrogens (tertiary/aromatic N) is 6. The summed E-state index contributed by atoms with van der Waals surface area (Å²) in [6.07, 6.45) is 0.818. The molecule has 4 amide bonds. The van der Waals surface area contributed by atoms with Crippen LogP contribution >= 0.6 is 0 Å². The fourth-order valence-electron chi connectivity index (χ4n) is 1.62. The van der Waals surface area contributed by atoms with Crippen LogP contribution in [-0.2, 0) is 22.7 Å². The third-order valence-corrected chi connectivity index (χ3v) is 2.59. The zero-order chi connectivity index (χ0) is 13.3. The molecular formula is C9H12N6O3. The fourth-order valence-corrected chi connectivity index (χ4v) is 1.62. The van der Waals surface area contributed by atoms with E-state index in [-0.39, 0.29) is 6.54 Å². The van der Waals surface area contributed by atoms with Crippen molar-refractivity contribution in [1.29, 1.82) is 0 Å². The zero-order valence-corrected chi connectivity index (χ0v) is 10.0. The molecule has 1 fully saturated rings. The Morgan fingerprint density at radius 3 is 2.44 bits per heavy atom. The van der Waals surface area contributed by atoms with Gasteiger partial charge in [-0.1, -0.05) is 6.92 Å². The molecule has 0 aromatic carbocycles. The van der Waals surface area contributed by atoms with Gasteiger partial charge in [-0.15, -0.1) is 5.10 Å². The molecule has 9 nitrogen and oxygen atoms in total. The number of imide groups is 2. The highest BCUT2D eigenvalue weighted by Gasteiger charge is 2.42. The van der Waals surface area contributed by atoms with Gasteiger partial charge in [0.1, 0.15) is 0 Å². The van der Waals surface area contributed by atoms with Crippen LogP contribution in [0.25, 0.3) is 0 Å². The highest BCUT2D eigenvalue weighted by molar-refractivity contribution is 6.44. The topological polar surface area (TPSA) is 101 Å². The van der Waals surface area contributed by atoms with E-state index in [1.165, 1.54) is 11.7 Å². The molecule has 1 saturated heterocycles. The first-order valence-electron chi connectivity index (χ1n) is 5.44. The van der Waals surface area contributed by atoms with Gasteiger partial charge in [-0.05, 0) is 16.8 Å². The van der Waals surface area contributed by atoms with Gasteiger partial charge in [-0.2, -0.15) is 0 Å². The lowest BCUT2D eigenvalue weighted by molar-refractivity contribution is -0.143. The van der Waals surface area contributed by atoms with Crippen LogP contribution in [0.15, 0.2) is 0 Å². The van der Waals surface area contributed by atoms with E-state index in [4.69, 9.17) is 0 Å². The van der Waals surface area contributed by atoms with Gasteiger partial charge in [0.2, 0.25) is 0 Å². The Kier molecular flexibility index (Phi) is 3.04. The van der Waals surface area contributed by atoms with Crippen LogP contribution < -0.4 is 0 Å². The van der Waals surface area contributed by atoms with E-state index in [2.05, 4.69) is 15.5 Å². The maximum absolute atomic E-state index is 11.7. The summed E-state index contributed by atoms with van der Waals surface area (Å²) >= 11 is 0. The van der Waals surface area contributed by atoms with E-state index in [0.29, 0.717) is 12.4 Å². The fraction of sp³-hybridized carbons (Fsp3) is 0.556. The van der Waals surface area contributed by atoms with E-state index in [1.807, 2.05) is 6.92 Å². The van der Waals surface area contributed by atoms with Crippen LogP contribution in [0.5, 0.6) is 0 Å². The molecule has 0 bridgehead atoms. The summed E-state index contributed by atoms with van der Waals surface area (Å²) in [7, 11) is 1.26. The summed E-state index contributed by atoms with van der Waals surface area (Å²) in [5.74, 6) is -1.32. The molecular weight excluding hydrogens is 240 g/mol. The van der Waals surface area contributed by atoms with Crippen LogP contribution in [0.2, 0.25) is 0 Å². The average Bonchev–Trinajstić information content (AvgIpc) is 2.86. The minimum absolute atomic E-state index is 0.0965. The summed E-state index contributed by atoms with van der Waals surface area (Å²) in [5, 5.41) is 11.0. The molecule has 18 heavy (non-hydrogen) atoms. The summed E-state index contributed by atoms with van der Waals surface area (Å²) in [5.41, 5.74) is 0. The molecule has 96 valence electrons. The van der Waals surface area contributed by atoms with Gasteiger partial charge in [-0.3, -0.25) is 14.5 Å². The number of rotatable bonds is 4. The lowest BCUT2D eigenvalue weighted by atomic mass is 10.4. The lowest BCUT2D eigenvalue weighted by Gasteiger charge is -2.11. The summed E-state index contributed by atoms with van der Waals surface area (Å²) < 4.78 is 1.50. The molecule has 1 aromatic heterocycles. The predicted molar refractivity (Wildman–Crippen MR) is 56.8 cm³/mol. The second-order valence-corrected chi connectivity index (χ2v) is 3.86. The van der Waals surface area contributed by atoms with E-state index in [0.717, 1.165) is 16.2 Å². The Morgan fingerprint density at radius 1 is 1.17 bits per heavy atom. The van der Waals surface area contributed by atoms with Crippen LogP contribution in [0.4, 0.5) is 4.79 Å². The Hall–Kier alpha value is -2.32. The normalized spacial score (nSPS) is 16.0. The third kappa shape index (κ3) is 1.83.